The standard InChI is InChI=1S/C27H31N7O.ClH/c1-16(2)22-10-9-20(12-17(22)3)32-27(35)19-7-4-6-18(13-19)24-23-25(28)30-15-31-26(23)34(33-24)21-8-5-11-29-14-21;/h4,6-7,9-10,12-13,15-16,21,29H,5,8,11,14H2,1-3H3,(H,32,35)(H2,28,30,31);1H/t21-;/m1./s1. The summed E-state index contributed by atoms with van der Waals surface area (Å²) in [5.41, 5.74) is 12.3. The van der Waals surface area contributed by atoms with E-state index in [1.54, 1.807) is 6.07 Å². The van der Waals surface area contributed by atoms with Crippen LogP contribution in [-0.4, -0.2) is 38.7 Å². The summed E-state index contributed by atoms with van der Waals surface area (Å²) in [6.07, 6.45) is 3.58. The number of nitrogens with one attached hydrogen (secondary N) is 2. The quantitative estimate of drug-likeness (QED) is 0.348. The van der Waals surface area contributed by atoms with E-state index in [4.69, 9.17) is 10.8 Å². The molecule has 2 aromatic heterocycles. The fraction of sp³-hybridized carbons (Fsp3) is 0.333. The van der Waals surface area contributed by atoms with Crippen LogP contribution in [0.1, 0.15) is 60.1 Å². The molecule has 0 spiro atoms. The van der Waals surface area contributed by atoms with Crippen molar-refractivity contribution < 1.29 is 4.79 Å². The molecule has 4 aromatic rings. The molecule has 1 saturated heterocycles. The van der Waals surface area contributed by atoms with Gasteiger partial charge in [-0.3, -0.25) is 4.79 Å². The van der Waals surface area contributed by atoms with Crippen molar-refractivity contribution >= 4 is 40.9 Å². The number of fused-ring (bicyclic) bond motifs is 1. The highest BCUT2D eigenvalue weighted by Gasteiger charge is 2.24. The van der Waals surface area contributed by atoms with Gasteiger partial charge in [-0.2, -0.15) is 5.10 Å². The summed E-state index contributed by atoms with van der Waals surface area (Å²) in [7, 11) is 0. The number of anilines is 2. The molecule has 9 heteroatoms. The highest BCUT2D eigenvalue weighted by atomic mass is 35.5. The Morgan fingerprint density at radius 1 is 1.19 bits per heavy atom. The van der Waals surface area contributed by atoms with Gasteiger partial charge in [0.1, 0.15) is 17.8 Å². The van der Waals surface area contributed by atoms with Gasteiger partial charge in [-0.15, -0.1) is 12.4 Å². The van der Waals surface area contributed by atoms with E-state index in [0.717, 1.165) is 53.8 Å². The minimum Gasteiger partial charge on any atom is -0.383 e. The summed E-state index contributed by atoms with van der Waals surface area (Å²) < 4.78 is 1.96. The Morgan fingerprint density at radius 2 is 2.03 bits per heavy atom. The molecule has 2 aromatic carbocycles. The molecule has 1 aliphatic rings. The van der Waals surface area contributed by atoms with Gasteiger partial charge in [0.05, 0.1) is 11.4 Å². The molecule has 0 bridgehead atoms. The van der Waals surface area contributed by atoms with Crippen LogP contribution in [0.3, 0.4) is 0 Å². The average Bonchev–Trinajstić information content (AvgIpc) is 3.26. The number of piperidine rings is 1. The Morgan fingerprint density at radius 3 is 2.75 bits per heavy atom. The van der Waals surface area contributed by atoms with E-state index in [1.807, 2.05) is 35.0 Å². The number of nitrogen functional groups attached to an aromatic ring is 1. The van der Waals surface area contributed by atoms with Crippen LogP contribution in [0.15, 0.2) is 48.8 Å². The summed E-state index contributed by atoms with van der Waals surface area (Å²) in [4.78, 5) is 21.8. The molecule has 0 unspecified atom stereocenters. The number of aromatic nitrogens is 4. The molecule has 1 atom stereocenters. The first-order chi connectivity index (χ1) is 16.9. The second-order valence-corrected chi connectivity index (χ2v) is 9.51. The van der Waals surface area contributed by atoms with Crippen LogP contribution in [0.5, 0.6) is 0 Å². The molecule has 0 saturated carbocycles. The number of rotatable bonds is 5. The predicted molar refractivity (Wildman–Crippen MR) is 147 cm³/mol. The van der Waals surface area contributed by atoms with Crippen molar-refractivity contribution in [2.45, 2.75) is 45.6 Å². The first-order valence-electron chi connectivity index (χ1n) is 12.1. The first-order valence-corrected chi connectivity index (χ1v) is 12.1. The van der Waals surface area contributed by atoms with Gasteiger partial charge >= 0.3 is 0 Å². The van der Waals surface area contributed by atoms with Gasteiger partial charge in [0.25, 0.3) is 5.91 Å². The van der Waals surface area contributed by atoms with Gasteiger partial charge in [0, 0.05) is 23.4 Å². The second-order valence-electron chi connectivity index (χ2n) is 9.51. The smallest absolute Gasteiger partial charge is 0.255 e. The summed E-state index contributed by atoms with van der Waals surface area (Å²) in [6.45, 7) is 8.24. The Kier molecular flexibility index (Phi) is 7.56. The van der Waals surface area contributed by atoms with Crippen LogP contribution in [0.4, 0.5) is 11.5 Å². The number of aryl methyl sites for hydroxylation is 1. The lowest BCUT2D eigenvalue weighted by molar-refractivity contribution is 0.102. The van der Waals surface area contributed by atoms with Crippen LogP contribution in [0.2, 0.25) is 0 Å². The molecule has 1 aliphatic heterocycles. The lowest BCUT2D eigenvalue weighted by Gasteiger charge is -2.23. The molecule has 5 rings (SSSR count). The molecule has 8 nitrogen and oxygen atoms in total. The Hall–Kier alpha value is -3.49. The molecule has 4 N–H and O–H groups in total. The van der Waals surface area contributed by atoms with Crippen LogP contribution >= 0.6 is 12.4 Å². The largest absolute Gasteiger partial charge is 0.383 e. The fourth-order valence-electron chi connectivity index (χ4n) is 4.91. The maximum absolute atomic E-state index is 13.1. The summed E-state index contributed by atoms with van der Waals surface area (Å²) >= 11 is 0. The lowest BCUT2D eigenvalue weighted by atomic mass is 9.97. The maximum Gasteiger partial charge on any atom is 0.255 e. The van der Waals surface area contributed by atoms with Crippen LogP contribution in [0, 0.1) is 6.92 Å². The molecule has 188 valence electrons. The molecular formula is C27H32ClN7O. The van der Waals surface area contributed by atoms with Crippen molar-refractivity contribution in [3.8, 4) is 11.3 Å². The SMILES string of the molecule is Cc1cc(NC(=O)c2cccc(-c3nn([C@@H]4CCCNC4)c4ncnc(N)c34)c2)ccc1C(C)C.Cl. The van der Waals surface area contributed by atoms with E-state index in [9.17, 15) is 4.79 Å². The Labute approximate surface area is 217 Å². The van der Waals surface area contributed by atoms with Gasteiger partial charge in [0.15, 0.2) is 5.65 Å². The first kappa shape index (κ1) is 25.6. The van der Waals surface area contributed by atoms with Gasteiger partial charge < -0.3 is 16.4 Å². The van der Waals surface area contributed by atoms with Gasteiger partial charge in [-0.1, -0.05) is 32.0 Å². The summed E-state index contributed by atoms with van der Waals surface area (Å²) in [6, 6.07) is 13.7. The van der Waals surface area contributed by atoms with E-state index in [0.29, 0.717) is 23.0 Å². The number of nitrogens with zero attached hydrogens (tertiary/aromatic N) is 4. The zero-order chi connectivity index (χ0) is 24.5. The van der Waals surface area contributed by atoms with E-state index < -0.39 is 0 Å². The third kappa shape index (κ3) is 4.92. The number of amides is 1. The van der Waals surface area contributed by atoms with Crippen LogP contribution in [-0.2, 0) is 0 Å². The van der Waals surface area contributed by atoms with Gasteiger partial charge in [-0.25, -0.2) is 14.6 Å². The predicted octanol–water partition coefficient (Wildman–Crippen LogP) is 5.11. The molecule has 0 aliphatic carbocycles. The van der Waals surface area contributed by atoms with Crippen molar-refractivity contribution in [1.82, 2.24) is 25.1 Å². The summed E-state index contributed by atoms with van der Waals surface area (Å²) in [5.74, 6) is 0.649. The number of carbonyl (C=O) groups is 1. The third-order valence-corrected chi connectivity index (χ3v) is 6.68. The zero-order valence-electron chi connectivity index (χ0n) is 20.8. The minimum absolute atomic E-state index is 0. The van der Waals surface area contributed by atoms with Gasteiger partial charge in [0.2, 0.25) is 0 Å². The third-order valence-electron chi connectivity index (χ3n) is 6.68. The second kappa shape index (κ2) is 10.6. The van der Waals surface area contributed by atoms with E-state index in [1.165, 1.54) is 11.9 Å². The number of benzene rings is 2. The average molecular weight is 506 g/mol. The number of hydrogen-bond donors (Lipinski definition) is 3. The normalized spacial score (nSPS) is 15.6. The molecule has 36 heavy (non-hydrogen) atoms. The van der Waals surface area contributed by atoms with Crippen LogP contribution < -0.4 is 16.4 Å². The monoisotopic (exact) mass is 505 g/mol. The fourth-order valence-corrected chi connectivity index (χ4v) is 4.91. The molecular weight excluding hydrogens is 474 g/mol. The minimum atomic E-state index is -0.173. The van der Waals surface area contributed by atoms with E-state index in [-0.39, 0.29) is 24.4 Å². The Balaban J connectivity index is 0.00000304. The number of carbonyl (C=O) groups excluding carboxylic acids is 1. The molecule has 1 amide bonds. The number of hydrogen-bond acceptors (Lipinski definition) is 6. The van der Waals surface area contributed by atoms with Crippen molar-refractivity contribution in [3.63, 3.8) is 0 Å². The number of nitrogens with two attached hydrogens (primary N) is 1. The summed E-state index contributed by atoms with van der Waals surface area (Å²) in [5, 5.41) is 12.1. The van der Waals surface area contributed by atoms with Gasteiger partial charge in [-0.05, 0) is 67.6 Å². The van der Waals surface area contributed by atoms with E-state index in [2.05, 4.69) is 47.4 Å². The lowest BCUT2D eigenvalue weighted by Crippen LogP contribution is -2.32. The van der Waals surface area contributed by atoms with E-state index >= 15 is 0 Å². The van der Waals surface area contributed by atoms with Crippen molar-refractivity contribution in [3.05, 3.63) is 65.5 Å². The maximum atomic E-state index is 13.1. The highest BCUT2D eigenvalue weighted by molar-refractivity contribution is 6.06. The van der Waals surface area contributed by atoms with Crippen molar-refractivity contribution in [2.24, 2.45) is 0 Å². The molecule has 1 fully saturated rings. The topological polar surface area (TPSA) is 111 Å². The highest BCUT2D eigenvalue weighted by Crippen LogP contribution is 2.33. The molecule has 0 radical (unpaired) electrons. The zero-order valence-corrected chi connectivity index (χ0v) is 21.6. The van der Waals surface area contributed by atoms with Crippen LogP contribution in [0.25, 0.3) is 22.3 Å². The number of halogens is 1. The van der Waals surface area contributed by atoms with Crippen molar-refractivity contribution in [2.75, 3.05) is 24.1 Å². The van der Waals surface area contributed by atoms with Crippen molar-refractivity contribution in [1.29, 1.82) is 0 Å². The Bertz CT molecular complexity index is 1390. The molecule has 3 heterocycles.